The van der Waals surface area contributed by atoms with Gasteiger partial charge in [-0.2, -0.15) is 0 Å². The number of likely N-dealkylation sites (N-methyl/N-ethyl adjacent to an activating group) is 1. The Labute approximate surface area is 153 Å². The molecule has 26 heavy (non-hydrogen) atoms. The monoisotopic (exact) mass is 374 g/mol. The van der Waals surface area contributed by atoms with Crippen LogP contribution in [-0.4, -0.2) is 34.1 Å². The van der Waals surface area contributed by atoms with Gasteiger partial charge in [-0.1, -0.05) is 0 Å². The summed E-state index contributed by atoms with van der Waals surface area (Å²) in [5, 5.41) is 3.52. The summed E-state index contributed by atoms with van der Waals surface area (Å²) in [6.45, 7) is 3.13. The molecule has 1 unspecified atom stereocenters. The molecule has 4 rings (SSSR count). The second kappa shape index (κ2) is 6.35. The van der Waals surface area contributed by atoms with Gasteiger partial charge in [0, 0.05) is 30.7 Å². The Kier molecular flexibility index (Phi) is 4.28. The number of hydrogen-bond acceptors (Lipinski definition) is 4. The average Bonchev–Trinajstić information content (AvgIpc) is 2.76. The van der Waals surface area contributed by atoms with E-state index in [1.54, 1.807) is 6.07 Å². The van der Waals surface area contributed by atoms with Crippen LogP contribution >= 0.6 is 0 Å². The lowest BCUT2D eigenvalue weighted by molar-refractivity contribution is 0.487. The topological polar surface area (TPSA) is 49.4 Å². The number of nitrogens with zero attached hydrogens (tertiary/aromatic N) is 1. The molecule has 0 saturated carbocycles. The molecule has 4 nitrogen and oxygen atoms in total. The zero-order valence-electron chi connectivity index (χ0n) is 14.9. The number of halogens is 1. The summed E-state index contributed by atoms with van der Waals surface area (Å²) in [7, 11) is -1.56. The fraction of sp³-hybridized carbons (Fsp3) is 0.400. The van der Waals surface area contributed by atoms with Crippen molar-refractivity contribution < 1.29 is 12.8 Å². The van der Waals surface area contributed by atoms with Gasteiger partial charge in [0.25, 0.3) is 0 Å². The predicted molar refractivity (Wildman–Crippen MR) is 99.9 cm³/mol. The largest absolute Gasteiger partial charge is 0.371 e. The van der Waals surface area contributed by atoms with Crippen molar-refractivity contribution in [3.05, 3.63) is 53.8 Å². The quantitative estimate of drug-likeness (QED) is 0.819. The van der Waals surface area contributed by atoms with Crippen molar-refractivity contribution in [1.29, 1.82) is 0 Å². The Morgan fingerprint density at radius 1 is 1.12 bits per heavy atom. The van der Waals surface area contributed by atoms with E-state index in [0.717, 1.165) is 30.6 Å². The summed E-state index contributed by atoms with van der Waals surface area (Å²) in [6, 6.07) is 11.3. The maximum atomic E-state index is 13.1. The zero-order chi connectivity index (χ0) is 18.5. The van der Waals surface area contributed by atoms with Crippen molar-refractivity contribution in [1.82, 2.24) is 5.32 Å². The van der Waals surface area contributed by atoms with Crippen LogP contribution in [0.5, 0.6) is 0 Å². The molecule has 0 radical (unpaired) electrons. The van der Waals surface area contributed by atoms with E-state index in [0.29, 0.717) is 18.0 Å². The molecular formula is C20H23FN2O2S. The summed E-state index contributed by atoms with van der Waals surface area (Å²) >= 11 is 0. The maximum absolute atomic E-state index is 13.1. The van der Waals surface area contributed by atoms with E-state index < -0.39 is 15.7 Å². The van der Waals surface area contributed by atoms with Crippen LogP contribution in [-0.2, 0) is 9.84 Å². The fourth-order valence-electron chi connectivity index (χ4n) is 4.32. The Bertz CT molecular complexity index is 927. The number of hydrogen-bond donors (Lipinski definition) is 1. The first-order chi connectivity index (χ1) is 12.4. The van der Waals surface area contributed by atoms with Crippen molar-refractivity contribution in [3.63, 3.8) is 0 Å². The Hall–Kier alpha value is -1.92. The lowest BCUT2D eigenvalue weighted by Gasteiger charge is -2.26. The first-order valence-corrected chi connectivity index (χ1v) is 10.5. The van der Waals surface area contributed by atoms with Crippen LogP contribution in [0.1, 0.15) is 31.2 Å². The highest BCUT2D eigenvalue weighted by molar-refractivity contribution is 7.91. The second-order valence-electron chi connectivity index (χ2n) is 7.34. The van der Waals surface area contributed by atoms with E-state index in [2.05, 4.69) is 24.2 Å². The second-order valence-corrected chi connectivity index (χ2v) is 9.29. The minimum Gasteiger partial charge on any atom is -0.371 e. The van der Waals surface area contributed by atoms with E-state index in [-0.39, 0.29) is 9.79 Å². The number of rotatable bonds is 2. The number of benzene rings is 2. The molecule has 2 aromatic rings. The molecule has 1 saturated heterocycles. The highest BCUT2D eigenvalue weighted by Gasteiger charge is 2.39. The summed E-state index contributed by atoms with van der Waals surface area (Å²) in [4.78, 5) is 2.69. The maximum Gasteiger partial charge on any atom is 0.206 e. The molecule has 2 aromatic carbocycles. The number of fused-ring (bicyclic) bond motifs is 3. The highest BCUT2D eigenvalue weighted by atomic mass is 32.2. The SMILES string of the molecule is CC1C[C@@H]2[C@@H](CCN1)c1cc(S(=O)(=O)c3ccc(F)cc3)ccc1N2C. The van der Waals surface area contributed by atoms with Gasteiger partial charge in [0.1, 0.15) is 5.82 Å². The molecule has 0 bridgehead atoms. The lowest BCUT2D eigenvalue weighted by Crippen LogP contribution is -2.34. The van der Waals surface area contributed by atoms with Gasteiger partial charge in [0.15, 0.2) is 0 Å². The fourth-order valence-corrected chi connectivity index (χ4v) is 5.62. The molecule has 2 aliphatic heterocycles. The predicted octanol–water partition coefficient (Wildman–Crippen LogP) is 3.33. The van der Waals surface area contributed by atoms with Crippen molar-refractivity contribution in [3.8, 4) is 0 Å². The van der Waals surface area contributed by atoms with Crippen LogP contribution in [0, 0.1) is 5.82 Å². The molecule has 1 fully saturated rings. The van der Waals surface area contributed by atoms with Crippen LogP contribution in [0.4, 0.5) is 10.1 Å². The van der Waals surface area contributed by atoms with E-state index in [1.807, 2.05) is 12.1 Å². The van der Waals surface area contributed by atoms with Crippen molar-refractivity contribution >= 4 is 15.5 Å². The summed E-state index contributed by atoms with van der Waals surface area (Å²) in [5.41, 5.74) is 2.23. The van der Waals surface area contributed by atoms with Crippen LogP contribution in [0.3, 0.4) is 0 Å². The smallest absolute Gasteiger partial charge is 0.206 e. The van der Waals surface area contributed by atoms with Gasteiger partial charge in [-0.25, -0.2) is 12.8 Å². The van der Waals surface area contributed by atoms with Gasteiger partial charge < -0.3 is 10.2 Å². The zero-order valence-corrected chi connectivity index (χ0v) is 15.8. The van der Waals surface area contributed by atoms with Gasteiger partial charge >= 0.3 is 0 Å². The molecule has 1 N–H and O–H groups in total. The van der Waals surface area contributed by atoms with E-state index in [9.17, 15) is 12.8 Å². The minimum atomic E-state index is -3.65. The standard InChI is InChI=1S/C20H23FN2O2S/c1-13-11-20-17(9-10-22-13)18-12-16(7-8-19(18)23(20)2)26(24,25)15-5-3-14(21)4-6-15/h3-8,12-13,17,20,22H,9-11H2,1-2H3/t13?,17-,20+/m0/s1. The van der Waals surface area contributed by atoms with Gasteiger partial charge in [-0.3, -0.25) is 0 Å². The van der Waals surface area contributed by atoms with Gasteiger partial charge in [-0.15, -0.1) is 0 Å². The summed E-state index contributed by atoms with van der Waals surface area (Å²) in [6.07, 6.45) is 2.03. The summed E-state index contributed by atoms with van der Waals surface area (Å²) < 4.78 is 39.1. The van der Waals surface area contributed by atoms with Gasteiger partial charge in [0.05, 0.1) is 9.79 Å². The van der Waals surface area contributed by atoms with E-state index >= 15 is 0 Å². The van der Waals surface area contributed by atoms with Crippen LogP contribution < -0.4 is 10.2 Å². The lowest BCUT2D eigenvalue weighted by atomic mass is 9.90. The Morgan fingerprint density at radius 2 is 1.81 bits per heavy atom. The van der Waals surface area contributed by atoms with E-state index in [4.69, 9.17) is 0 Å². The number of nitrogens with one attached hydrogen (secondary N) is 1. The van der Waals surface area contributed by atoms with Crippen molar-refractivity contribution in [2.45, 2.75) is 47.6 Å². The van der Waals surface area contributed by atoms with E-state index in [1.165, 1.54) is 24.3 Å². The number of anilines is 1. The molecule has 138 valence electrons. The molecule has 2 aliphatic rings. The van der Waals surface area contributed by atoms with Crippen molar-refractivity contribution in [2.24, 2.45) is 0 Å². The van der Waals surface area contributed by atoms with Crippen LogP contribution in [0.15, 0.2) is 52.3 Å². The average molecular weight is 374 g/mol. The molecule has 0 aromatic heterocycles. The molecule has 0 amide bonds. The normalized spacial score (nSPS) is 25.5. The molecule has 2 heterocycles. The Morgan fingerprint density at radius 3 is 2.54 bits per heavy atom. The number of sulfone groups is 1. The first-order valence-electron chi connectivity index (χ1n) is 8.99. The molecule has 0 spiro atoms. The molecular weight excluding hydrogens is 351 g/mol. The molecule has 0 aliphatic carbocycles. The van der Waals surface area contributed by atoms with Crippen LogP contribution in [0.2, 0.25) is 0 Å². The summed E-state index contributed by atoms with van der Waals surface area (Å²) in [5.74, 6) is -0.113. The third kappa shape index (κ3) is 2.81. The van der Waals surface area contributed by atoms with Gasteiger partial charge in [-0.05, 0) is 74.3 Å². The Balaban J connectivity index is 1.75. The third-order valence-corrected chi connectivity index (χ3v) is 7.49. The van der Waals surface area contributed by atoms with Crippen molar-refractivity contribution in [2.75, 3.05) is 18.5 Å². The molecule has 3 atom stereocenters. The minimum absolute atomic E-state index is 0.123. The molecule has 6 heteroatoms. The van der Waals surface area contributed by atoms with Crippen LogP contribution in [0.25, 0.3) is 0 Å². The van der Waals surface area contributed by atoms with Gasteiger partial charge in [0.2, 0.25) is 9.84 Å². The third-order valence-electron chi connectivity index (χ3n) is 5.72. The highest BCUT2D eigenvalue weighted by Crippen LogP contribution is 2.45. The first kappa shape index (κ1) is 17.5.